The Kier molecular flexibility index (Phi) is 9.67. The molecule has 0 unspecified atom stereocenters. The summed E-state index contributed by atoms with van der Waals surface area (Å²) in [6.45, 7) is 0.309. The molecule has 0 radical (unpaired) electrons. The van der Waals surface area contributed by atoms with Crippen molar-refractivity contribution in [1.29, 1.82) is 0 Å². The molecular weight excluding hydrogens is 358 g/mol. The number of unbranched alkanes of at least 4 members (excludes halogenated alkanes) is 3. The van der Waals surface area contributed by atoms with Crippen molar-refractivity contribution in [2.75, 3.05) is 19.4 Å². The summed E-state index contributed by atoms with van der Waals surface area (Å²) < 4.78 is 26.6. The summed E-state index contributed by atoms with van der Waals surface area (Å²) in [6, 6.07) is 7.33. The smallest absolute Gasteiger partial charge is 0.239 e. The summed E-state index contributed by atoms with van der Waals surface area (Å²) in [5, 5.41) is 10.2. The van der Waals surface area contributed by atoms with E-state index in [1.165, 1.54) is 0 Å². The average molecular weight is 385 g/mol. The second kappa shape index (κ2) is 11.5. The van der Waals surface area contributed by atoms with Crippen molar-refractivity contribution in [3.8, 4) is 5.75 Å². The first kappa shape index (κ1) is 21.9. The third-order valence-electron chi connectivity index (χ3n) is 3.68. The lowest BCUT2D eigenvalue weighted by Crippen LogP contribution is -2.36. The Bertz CT molecular complexity index is 674. The van der Waals surface area contributed by atoms with Gasteiger partial charge in [-0.1, -0.05) is 25.0 Å². The van der Waals surface area contributed by atoms with Crippen molar-refractivity contribution in [3.05, 3.63) is 29.8 Å². The summed E-state index contributed by atoms with van der Waals surface area (Å²) in [6.07, 6.45) is 2.89. The summed E-state index contributed by atoms with van der Waals surface area (Å²) in [7, 11) is -1.82. The van der Waals surface area contributed by atoms with Gasteiger partial charge < -0.3 is 15.4 Å². The third-order valence-corrected chi connectivity index (χ3v) is 4.54. The van der Waals surface area contributed by atoms with Gasteiger partial charge in [-0.05, 0) is 30.5 Å². The highest BCUT2D eigenvalue weighted by Gasteiger charge is 2.06. The van der Waals surface area contributed by atoms with Gasteiger partial charge in [0.25, 0.3) is 0 Å². The maximum absolute atomic E-state index is 11.7. The molecule has 26 heavy (non-hydrogen) atoms. The zero-order chi connectivity index (χ0) is 19.4. The summed E-state index contributed by atoms with van der Waals surface area (Å²) >= 11 is 0. The number of hydrogen-bond acceptors (Lipinski definition) is 5. The zero-order valence-electron chi connectivity index (χ0n) is 15.0. The van der Waals surface area contributed by atoms with Gasteiger partial charge >= 0.3 is 0 Å². The van der Waals surface area contributed by atoms with Gasteiger partial charge in [-0.2, -0.15) is 0 Å². The van der Waals surface area contributed by atoms with Crippen LogP contribution in [0.3, 0.4) is 0 Å². The SMILES string of the molecule is COc1ccc(CNC(=O)CNC(=O)CCCCCCS(N)(=O)=O)cc1. The van der Waals surface area contributed by atoms with Crippen LogP contribution in [-0.2, 0) is 26.2 Å². The Balaban J connectivity index is 2.09. The number of hydrogen-bond donors (Lipinski definition) is 3. The maximum Gasteiger partial charge on any atom is 0.239 e. The first-order valence-electron chi connectivity index (χ1n) is 8.47. The molecule has 9 heteroatoms. The summed E-state index contributed by atoms with van der Waals surface area (Å²) in [5.41, 5.74) is 0.935. The number of amides is 2. The van der Waals surface area contributed by atoms with E-state index < -0.39 is 10.0 Å². The lowest BCUT2D eigenvalue weighted by Gasteiger charge is -2.08. The largest absolute Gasteiger partial charge is 0.497 e. The van der Waals surface area contributed by atoms with Crippen LogP contribution in [0, 0.1) is 0 Å². The number of nitrogens with one attached hydrogen (secondary N) is 2. The first-order chi connectivity index (χ1) is 12.3. The molecule has 0 saturated carbocycles. The molecule has 0 aliphatic heterocycles. The molecule has 0 atom stereocenters. The van der Waals surface area contributed by atoms with Crippen LogP contribution < -0.4 is 20.5 Å². The molecular formula is C17H27N3O5S. The average Bonchev–Trinajstić information content (AvgIpc) is 2.60. The first-order valence-corrected chi connectivity index (χ1v) is 10.2. The van der Waals surface area contributed by atoms with E-state index in [-0.39, 0.29) is 24.1 Å². The molecule has 0 aromatic heterocycles. The van der Waals surface area contributed by atoms with Crippen molar-refractivity contribution in [2.24, 2.45) is 5.14 Å². The second-order valence-electron chi connectivity index (χ2n) is 5.93. The number of carbonyl (C=O) groups excluding carboxylic acids is 2. The molecule has 0 heterocycles. The Morgan fingerprint density at radius 2 is 1.65 bits per heavy atom. The number of methoxy groups -OCH3 is 1. The normalized spacial score (nSPS) is 11.0. The topological polar surface area (TPSA) is 128 Å². The third kappa shape index (κ3) is 10.7. The number of carbonyl (C=O) groups is 2. The highest BCUT2D eigenvalue weighted by Crippen LogP contribution is 2.10. The second-order valence-corrected chi connectivity index (χ2v) is 7.67. The van der Waals surface area contributed by atoms with Gasteiger partial charge in [0.1, 0.15) is 5.75 Å². The highest BCUT2D eigenvalue weighted by atomic mass is 32.2. The molecule has 0 fully saturated rings. The standard InChI is InChI=1S/C17H27N3O5S/c1-25-15-9-7-14(8-10-15)12-19-17(22)13-20-16(21)6-4-2-3-5-11-26(18,23)24/h7-10H,2-6,11-13H2,1H3,(H,19,22)(H,20,21)(H2,18,23,24). The fourth-order valence-electron chi connectivity index (χ4n) is 2.22. The van der Waals surface area contributed by atoms with E-state index in [1.807, 2.05) is 24.3 Å². The van der Waals surface area contributed by atoms with E-state index in [4.69, 9.17) is 9.88 Å². The molecule has 0 bridgehead atoms. The van der Waals surface area contributed by atoms with E-state index in [1.54, 1.807) is 7.11 Å². The van der Waals surface area contributed by atoms with Gasteiger partial charge in [0.15, 0.2) is 0 Å². The van der Waals surface area contributed by atoms with Crippen LogP contribution in [0.5, 0.6) is 5.75 Å². The van der Waals surface area contributed by atoms with Gasteiger partial charge in [0.2, 0.25) is 21.8 Å². The lowest BCUT2D eigenvalue weighted by atomic mass is 10.1. The molecule has 8 nitrogen and oxygen atoms in total. The molecule has 1 aromatic rings. The van der Waals surface area contributed by atoms with Crippen LogP contribution in [0.25, 0.3) is 0 Å². The molecule has 1 rings (SSSR count). The molecule has 2 amide bonds. The minimum Gasteiger partial charge on any atom is -0.497 e. The van der Waals surface area contributed by atoms with Gasteiger partial charge in [0.05, 0.1) is 19.4 Å². The Morgan fingerprint density at radius 1 is 1.00 bits per heavy atom. The Labute approximate surface area is 154 Å². The molecule has 0 saturated heterocycles. The van der Waals surface area contributed by atoms with E-state index >= 15 is 0 Å². The highest BCUT2D eigenvalue weighted by molar-refractivity contribution is 7.89. The summed E-state index contributed by atoms with van der Waals surface area (Å²) in [5.74, 6) is 0.253. The predicted molar refractivity (Wildman–Crippen MR) is 98.9 cm³/mol. The van der Waals surface area contributed by atoms with E-state index in [2.05, 4.69) is 10.6 Å². The van der Waals surface area contributed by atoms with Crippen LogP contribution >= 0.6 is 0 Å². The molecule has 0 aliphatic rings. The maximum atomic E-state index is 11.7. The number of sulfonamides is 1. The van der Waals surface area contributed by atoms with Crippen LogP contribution in [0.1, 0.15) is 37.7 Å². The summed E-state index contributed by atoms with van der Waals surface area (Å²) in [4.78, 5) is 23.4. The molecule has 4 N–H and O–H groups in total. The van der Waals surface area contributed by atoms with Crippen LogP contribution in [0.2, 0.25) is 0 Å². The molecule has 0 spiro atoms. The Morgan fingerprint density at radius 3 is 2.27 bits per heavy atom. The van der Waals surface area contributed by atoms with Crippen molar-refractivity contribution in [3.63, 3.8) is 0 Å². The van der Waals surface area contributed by atoms with Gasteiger partial charge in [0, 0.05) is 13.0 Å². The van der Waals surface area contributed by atoms with Gasteiger partial charge in [-0.25, -0.2) is 13.6 Å². The number of nitrogens with two attached hydrogens (primary N) is 1. The van der Waals surface area contributed by atoms with E-state index in [9.17, 15) is 18.0 Å². The number of benzene rings is 1. The minimum atomic E-state index is -3.40. The van der Waals surface area contributed by atoms with Crippen molar-refractivity contribution in [2.45, 2.75) is 38.6 Å². The van der Waals surface area contributed by atoms with E-state index in [0.29, 0.717) is 32.2 Å². The van der Waals surface area contributed by atoms with Crippen LogP contribution in [0.15, 0.2) is 24.3 Å². The molecule has 146 valence electrons. The quantitative estimate of drug-likeness (QED) is 0.456. The number of rotatable bonds is 12. The molecule has 1 aromatic carbocycles. The van der Waals surface area contributed by atoms with Crippen molar-refractivity contribution in [1.82, 2.24) is 10.6 Å². The zero-order valence-corrected chi connectivity index (χ0v) is 15.8. The van der Waals surface area contributed by atoms with Crippen molar-refractivity contribution < 1.29 is 22.7 Å². The fraction of sp³-hybridized carbons (Fsp3) is 0.529. The minimum absolute atomic E-state index is 0.0342. The molecule has 0 aliphatic carbocycles. The number of primary sulfonamides is 1. The fourth-order valence-corrected chi connectivity index (χ4v) is 2.82. The Hall–Kier alpha value is -2.13. The van der Waals surface area contributed by atoms with Crippen LogP contribution in [0.4, 0.5) is 0 Å². The van der Waals surface area contributed by atoms with E-state index in [0.717, 1.165) is 17.7 Å². The lowest BCUT2D eigenvalue weighted by molar-refractivity contribution is -0.126. The van der Waals surface area contributed by atoms with Gasteiger partial charge in [-0.15, -0.1) is 0 Å². The van der Waals surface area contributed by atoms with Crippen LogP contribution in [-0.4, -0.2) is 39.6 Å². The van der Waals surface area contributed by atoms with Gasteiger partial charge in [-0.3, -0.25) is 9.59 Å². The monoisotopic (exact) mass is 385 g/mol. The van der Waals surface area contributed by atoms with Crippen molar-refractivity contribution >= 4 is 21.8 Å². The predicted octanol–water partition coefficient (Wildman–Crippen LogP) is 0.667. The number of ether oxygens (including phenoxy) is 1.